The van der Waals surface area contributed by atoms with Gasteiger partial charge in [-0.05, 0) is 25.0 Å². The number of benzene rings is 1. The van der Waals surface area contributed by atoms with Crippen molar-refractivity contribution < 1.29 is 13.6 Å². The first-order valence-corrected chi connectivity index (χ1v) is 6.06. The monoisotopic (exact) mass is 310 g/mol. The zero-order valence-corrected chi connectivity index (χ0v) is 11.6. The Kier molecular flexibility index (Phi) is 5.52. The predicted molar refractivity (Wildman–Crippen MR) is 71.7 cm³/mol. The molecule has 2 rings (SSSR count). The molecule has 1 fully saturated rings. The van der Waals surface area contributed by atoms with Crippen LogP contribution in [0.1, 0.15) is 23.2 Å². The smallest absolute Gasteiger partial charge is 0.256 e. The highest BCUT2D eigenvalue weighted by molar-refractivity contribution is 6.30. The molecule has 106 valence electrons. The SMILES string of the molecule is Cl.NC1CCCN(C(=O)c2cc(F)c(Cl)cc2F)C1. The van der Waals surface area contributed by atoms with E-state index in [9.17, 15) is 13.6 Å². The van der Waals surface area contributed by atoms with Gasteiger partial charge in [0.15, 0.2) is 0 Å². The number of carbonyl (C=O) groups excluding carboxylic acids is 1. The van der Waals surface area contributed by atoms with Gasteiger partial charge in [0.05, 0.1) is 10.6 Å². The summed E-state index contributed by atoms with van der Waals surface area (Å²) in [5, 5.41) is -0.334. The van der Waals surface area contributed by atoms with Crippen LogP contribution in [0.25, 0.3) is 0 Å². The summed E-state index contributed by atoms with van der Waals surface area (Å²) in [6, 6.07) is 1.54. The molecule has 1 aromatic rings. The number of carbonyl (C=O) groups is 1. The Morgan fingerprint density at radius 1 is 1.37 bits per heavy atom. The average molecular weight is 311 g/mol. The first kappa shape index (κ1) is 16.1. The van der Waals surface area contributed by atoms with Crippen LogP contribution in [0, 0.1) is 11.6 Å². The molecule has 1 unspecified atom stereocenters. The van der Waals surface area contributed by atoms with E-state index in [4.69, 9.17) is 17.3 Å². The molecule has 1 aliphatic heterocycles. The maximum Gasteiger partial charge on any atom is 0.256 e. The molecule has 1 amide bonds. The van der Waals surface area contributed by atoms with Crippen LogP contribution < -0.4 is 5.73 Å². The summed E-state index contributed by atoms with van der Waals surface area (Å²) in [4.78, 5) is 13.5. The highest BCUT2D eigenvalue weighted by Crippen LogP contribution is 2.21. The summed E-state index contributed by atoms with van der Waals surface area (Å²) < 4.78 is 26.9. The van der Waals surface area contributed by atoms with Crippen LogP contribution in [0.5, 0.6) is 0 Å². The van der Waals surface area contributed by atoms with Gasteiger partial charge in [0, 0.05) is 19.1 Å². The molecule has 1 heterocycles. The minimum Gasteiger partial charge on any atom is -0.337 e. The van der Waals surface area contributed by atoms with Crippen molar-refractivity contribution in [2.75, 3.05) is 13.1 Å². The van der Waals surface area contributed by atoms with E-state index in [0.717, 1.165) is 25.0 Å². The number of halogens is 4. The molecule has 0 aromatic heterocycles. The van der Waals surface area contributed by atoms with Crippen molar-refractivity contribution in [3.63, 3.8) is 0 Å². The Bertz CT molecular complexity index is 485. The Labute approximate surface area is 121 Å². The first-order chi connectivity index (χ1) is 8.49. The molecule has 0 aliphatic carbocycles. The molecule has 1 saturated heterocycles. The fourth-order valence-electron chi connectivity index (χ4n) is 2.05. The lowest BCUT2D eigenvalue weighted by atomic mass is 10.1. The number of hydrogen-bond donors (Lipinski definition) is 1. The molecule has 1 atom stereocenters. The second kappa shape index (κ2) is 6.50. The van der Waals surface area contributed by atoms with Gasteiger partial charge in [-0.3, -0.25) is 4.79 Å². The lowest BCUT2D eigenvalue weighted by Gasteiger charge is -2.30. The van der Waals surface area contributed by atoms with Gasteiger partial charge in [0.2, 0.25) is 0 Å². The third-order valence-electron chi connectivity index (χ3n) is 2.99. The van der Waals surface area contributed by atoms with Crippen molar-refractivity contribution in [1.29, 1.82) is 0 Å². The quantitative estimate of drug-likeness (QED) is 0.810. The second-order valence-corrected chi connectivity index (χ2v) is 4.81. The van der Waals surface area contributed by atoms with E-state index in [1.54, 1.807) is 0 Å². The van der Waals surface area contributed by atoms with E-state index in [2.05, 4.69) is 0 Å². The van der Waals surface area contributed by atoms with Crippen LogP contribution in [-0.4, -0.2) is 29.9 Å². The highest BCUT2D eigenvalue weighted by atomic mass is 35.5. The summed E-state index contributed by atoms with van der Waals surface area (Å²) in [7, 11) is 0. The van der Waals surface area contributed by atoms with E-state index in [1.807, 2.05) is 0 Å². The van der Waals surface area contributed by atoms with Crippen LogP contribution in [0.3, 0.4) is 0 Å². The number of piperidine rings is 1. The Hall–Kier alpha value is -0.910. The number of likely N-dealkylation sites (tertiary alicyclic amines) is 1. The number of rotatable bonds is 1. The molecule has 2 N–H and O–H groups in total. The predicted octanol–water partition coefficient (Wildman–Crippen LogP) is 2.60. The molecule has 19 heavy (non-hydrogen) atoms. The summed E-state index contributed by atoms with van der Waals surface area (Å²) >= 11 is 5.44. The number of hydrogen-bond acceptors (Lipinski definition) is 2. The van der Waals surface area contributed by atoms with Crippen LogP contribution in [0.4, 0.5) is 8.78 Å². The Morgan fingerprint density at radius 3 is 2.68 bits per heavy atom. The van der Waals surface area contributed by atoms with E-state index in [1.165, 1.54) is 4.90 Å². The lowest BCUT2D eigenvalue weighted by molar-refractivity contribution is 0.0703. The number of nitrogens with zero attached hydrogens (tertiary/aromatic N) is 1. The zero-order chi connectivity index (χ0) is 13.3. The van der Waals surface area contributed by atoms with Crippen molar-refractivity contribution in [2.24, 2.45) is 5.73 Å². The van der Waals surface area contributed by atoms with Crippen molar-refractivity contribution in [3.8, 4) is 0 Å². The van der Waals surface area contributed by atoms with Gasteiger partial charge >= 0.3 is 0 Å². The fourth-order valence-corrected chi connectivity index (χ4v) is 2.20. The van der Waals surface area contributed by atoms with E-state index in [-0.39, 0.29) is 29.0 Å². The van der Waals surface area contributed by atoms with Crippen molar-refractivity contribution in [3.05, 3.63) is 34.4 Å². The maximum atomic E-state index is 13.6. The number of amides is 1. The van der Waals surface area contributed by atoms with Gasteiger partial charge in [-0.15, -0.1) is 12.4 Å². The van der Waals surface area contributed by atoms with Crippen molar-refractivity contribution in [2.45, 2.75) is 18.9 Å². The maximum absolute atomic E-state index is 13.6. The molecule has 1 aliphatic rings. The summed E-state index contributed by atoms with van der Waals surface area (Å²) in [5.74, 6) is -2.16. The van der Waals surface area contributed by atoms with Gasteiger partial charge in [-0.1, -0.05) is 11.6 Å². The van der Waals surface area contributed by atoms with Gasteiger partial charge in [0.25, 0.3) is 5.91 Å². The normalized spacial score (nSPS) is 18.9. The minimum absolute atomic E-state index is 0. The Morgan fingerprint density at radius 2 is 2.05 bits per heavy atom. The highest BCUT2D eigenvalue weighted by Gasteiger charge is 2.25. The van der Waals surface area contributed by atoms with Gasteiger partial charge in [-0.2, -0.15) is 0 Å². The minimum atomic E-state index is -0.814. The van der Waals surface area contributed by atoms with Gasteiger partial charge in [-0.25, -0.2) is 8.78 Å². The molecule has 0 spiro atoms. The topological polar surface area (TPSA) is 46.3 Å². The molecular weight excluding hydrogens is 297 g/mol. The summed E-state index contributed by atoms with van der Waals surface area (Å²) in [5.41, 5.74) is 5.45. The van der Waals surface area contributed by atoms with Crippen LogP contribution in [-0.2, 0) is 0 Å². The first-order valence-electron chi connectivity index (χ1n) is 5.68. The Balaban J connectivity index is 0.00000180. The van der Waals surface area contributed by atoms with Gasteiger partial charge in [0.1, 0.15) is 11.6 Å². The molecule has 1 aromatic carbocycles. The molecule has 0 radical (unpaired) electrons. The van der Waals surface area contributed by atoms with E-state index < -0.39 is 17.5 Å². The standard InChI is InChI=1S/C12H13ClF2N2O.ClH/c13-9-5-10(14)8(4-11(9)15)12(18)17-3-1-2-7(16)6-17;/h4-5,7H,1-3,6,16H2;1H. The number of nitrogens with two attached hydrogens (primary N) is 1. The second-order valence-electron chi connectivity index (χ2n) is 4.40. The zero-order valence-electron chi connectivity index (χ0n) is 10.0. The van der Waals surface area contributed by atoms with Gasteiger partial charge < -0.3 is 10.6 Å². The molecule has 7 heteroatoms. The van der Waals surface area contributed by atoms with Crippen LogP contribution in [0.15, 0.2) is 12.1 Å². The van der Waals surface area contributed by atoms with Crippen molar-refractivity contribution >= 4 is 29.9 Å². The third kappa shape index (κ3) is 3.55. The molecule has 0 bridgehead atoms. The van der Waals surface area contributed by atoms with E-state index in [0.29, 0.717) is 13.1 Å². The largest absolute Gasteiger partial charge is 0.337 e. The molecular formula is C12H14Cl2F2N2O. The average Bonchev–Trinajstić information content (AvgIpc) is 2.33. The van der Waals surface area contributed by atoms with E-state index >= 15 is 0 Å². The van der Waals surface area contributed by atoms with Crippen LogP contribution in [0.2, 0.25) is 5.02 Å². The third-order valence-corrected chi connectivity index (χ3v) is 3.28. The summed E-state index contributed by atoms with van der Waals surface area (Å²) in [6.45, 7) is 0.874. The molecule has 3 nitrogen and oxygen atoms in total. The molecule has 0 saturated carbocycles. The van der Waals surface area contributed by atoms with Crippen molar-refractivity contribution in [1.82, 2.24) is 4.90 Å². The summed E-state index contributed by atoms with van der Waals surface area (Å²) in [6.07, 6.45) is 1.60. The lowest BCUT2D eigenvalue weighted by Crippen LogP contribution is -2.45. The fraction of sp³-hybridized carbons (Fsp3) is 0.417. The van der Waals surface area contributed by atoms with Crippen LogP contribution >= 0.6 is 24.0 Å².